The Hall–Kier alpha value is -1.38. The number of ketones is 1. The third kappa shape index (κ3) is 2.55. The van der Waals surface area contributed by atoms with E-state index in [0.29, 0.717) is 11.4 Å². The van der Waals surface area contributed by atoms with Crippen LogP contribution in [0.5, 0.6) is 0 Å². The Kier molecular flexibility index (Phi) is 3.23. The molecule has 0 bridgehead atoms. The van der Waals surface area contributed by atoms with E-state index in [1.54, 1.807) is 6.92 Å². The van der Waals surface area contributed by atoms with Crippen molar-refractivity contribution < 1.29 is 4.79 Å². The van der Waals surface area contributed by atoms with Crippen LogP contribution in [0, 0.1) is 6.92 Å². The van der Waals surface area contributed by atoms with Gasteiger partial charge in [-0.15, -0.1) is 0 Å². The van der Waals surface area contributed by atoms with Gasteiger partial charge in [-0.05, 0) is 39.8 Å². The summed E-state index contributed by atoms with van der Waals surface area (Å²) >= 11 is 0. The maximum atomic E-state index is 11.3. The van der Waals surface area contributed by atoms with E-state index >= 15 is 0 Å². The standard InChI is InChI=1S/C11H16N2O/c1-7(2)12-11-10(9(4)14)6-5-8(3)13-11/h5-7H,1-4H3,(H,12,13). The van der Waals surface area contributed by atoms with Crippen LogP contribution in [-0.4, -0.2) is 16.8 Å². The van der Waals surface area contributed by atoms with Crippen molar-refractivity contribution in [3.63, 3.8) is 0 Å². The number of nitrogens with zero attached hydrogens (tertiary/aromatic N) is 1. The number of aromatic nitrogens is 1. The first kappa shape index (κ1) is 10.7. The number of nitrogens with one attached hydrogen (secondary N) is 1. The first-order chi connectivity index (χ1) is 6.50. The minimum atomic E-state index is 0.0423. The molecule has 0 aliphatic heterocycles. The van der Waals surface area contributed by atoms with E-state index < -0.39 is 0 Å². The monoisotopic (exact) mass is 192 g/mol. The van der Waals surface area contributed by atoms with Gasteiger partial charge in [0.2, 0.25) is 0 Å². The lowest BCUT2D eigenvalue weighted by Gasteiger charge is -2.12. The molecule has 0 saturated carbocycles. The van der Waals surface area contributed by atoms with Crippen LogP contribution in [0.4, 0.5) is 5.82 Å². The van der Waals surface area contributed by atoms with E-state index in [1.165, 1.54) is 0 Å². The molecule has 76 valence electrons. The van der Waals surface area contributed by atoms with Crippen LogP contribution in [-0.2, 0) is 0 Å². The normalized spacial score (nSPS) is 10.4. The highest BCUT2D eigenvalue weighted by Crippen LogP contribution is 2.14. The Labute approximate surface area is 84.6 Å². The number of Topliss-reactive ketones (excluding diaryl/α,β-unsaturated/α-hetero) is 1. The molecule has 0 aliphatic carbocycles. The maximum Gasteiger partial charge on any atom is 0.163 e. The summed E-state index contributed by atoms with van der Waals surface area (Å²) in [6.07, 6.45) is 0. The summed E-state index contributed by atoms with van der Waals surface area (Å²) in [5.41, 5.74) is 1.57. The fourth-order valence-electron chi connectivity index (χ4n) is 1.22. The van der Waals surface area contributed by atoms with E-state index in [4.69, 9.17) is 0 Å². The van der Waals surface area contributed by atoms with Crippen molar-refractivity contribution >= 4 is 11.6 Å². The second-order valence-electron chi connectivity index (χ2n) is 3.70. The molecule has 0 fully saturated rings. The van der Waals surface area contributed by atoms with Crippen LogP contribution in [0.2, 0.25) is 0 Å². The zero-order valence-electron chi connectivity index (χ0n) is 9.09. The molecule has 0 atom stereocenters. The van der Waals surface area contributed by atoms with Crippen molar-refractivity contribution in [3.8, 4) is 0 Å². The quantitative estimate of drug-likeness (QED) is 0.748. The van der Waals surface area contributed by atoms with Crippen LogP contribution >= 0.6 is 0 Å². The fraction of sp³-hybridized carbons (Fsp3) is 0.455. The second-order valence-corrected chi connectivity index (χ2v) is 3.70. The summed E-state index contributed by atoms with van der Waals surface area (Å²) in [5, 5.41) is 3.16. The largest absolute Gasteiger partial charge is 0.367 e. The van der Waals surface area contributed by atoms with Gasteiger partial charge in [0.15, 0.2) is 5.78 Å². The van der Waals surface area contributed by atoms with Gasteiger partial charge in [0.25, 0.3) is 0 Å². The topological polar surface area (TPSA) is 42.0 Å². The molecule has 0 unspecified atom stereocenters. The van der Waals surface area contributed by atoms with Crippen molar-refractivity contribution in [1.29, 1.82) is 0 Å². The first-order valence-electron chi connectivity index (χ1n) is 4.76. The van der Waals surface area contributed by atoms with Gasteiger partial charge in [0.1, 0.15) is 5.82 Å². The summed E-state index contributed by atoms with van der Waals surface area (Å²) in [6, 6.07) is 3.94. The van der Waals surface area contributed by atoms with Crippen molar-refractivity contribution in [1.82, 2.24) is 4.98 Å². The number of carbonyl (C=O) groups excluding carboxylic acids is 1. The Morgan fingerprint density at radius 1 is 1.43 bits per heavy atom. The van der Waals surface area contributed by atoms with Gasteiger partial charge in [0, 0.05) is 11.7 Å². The Morgan fingerprint density at radius 2 is 2.07 bits per heavy atom. The van der Waals surface area contributed by atoms with Gasteiger partial charge in [-0.3, -0.25) is 4.79 Å². The Balaban J connectivity index is 3.09. The van der Waals surface area contributed by atoms with Crippen molar-refractivity contribution in [2.24, 2.45) is 0 Å². The summed E-state index contributed by atoms with van der Waals surface area (Å²) < 4.78 is 0. The van der Waals surface area contributed by atoms with Crippen LogP contribution in [0.15, 0.2) is 12.1 Å². The Bertz CT molecular complexity index is 345. The van der Waals surface area contributed by atoms with Crippen molar-refractivity contribution in [2.45, 2.75) is 33.7 Å². The molecular weight excluding hydrogens is 176 g/mol. The van der Waals surface area contributed by atoms with Gasteiger partial charge in [-0.1, -0.05) is 0 Å². The zero-order valence-corrected chi connectivity index (χ0v) is 9.09. The molecule has 1 heterocycles. The lowest BCUT2D eigenvalue weighted by Crippen LogP contribution is -2.14. The zero-order chi connectivity index (χ0) is 10.7. The van der Waals surface area contributed by atoms with Gasteiger partial charge in [-0.25, -0.2) is 4.98 Å². The molecule has 0 amide bonds. The molecule has 3 nitrogen and oxygen atoms in total. The van der Waals surface area contributed by atoms with Gasteiger partial charge < -0.3 is 5.32 Å². The molecule has 14 heavy (non-hydrogen) atoms. The minimum absolute atomic E-state index is 0.0423. The van der Waals surface area contributed by atoms with Crippen molar-refractivity contribution in [3.05, 3.63) is 23.4 Å². The molecule has 1 rings (SSSR count). The highest BCUT2D eigenvalue weighted by atomic mass is 16.1. The number of carbonyl (C=O) groups is 1. The van der Waals surface area contributed by atoms with E-state index in [9.17, 15) is 4.79 Å². The Morgan fingerprint density at radius 3 is 2.57 bits per heavy atom. The van der Waals surface area contributed by atoms with E-state index in [0.717, 1.165) is 5.69 Å². The van der Waals surface area contributed by atoms with Crippen LogP contribution < -0.4 is 5.32 Å². The van der Waals surface area contributed by atoms with Crippen LogP contribution in [0.3, 0.4) is 0 Å². The molecule has 0 radical (unpaired) electrons. The van der Waals surface area contributed by atoms with E-state index in [1.807, 2.05) is 32.9 Å². The summed E-state index contributed by atoms with van der Waals surface area (Å²) in [5.74, 6) is 0.730. The van der Waals surface area contributed by atoms with Crippen molar-refractivity contribution in [2.75, 3.05) is 5.32 Å². The summed E-state index contributed by atoms with van der Waals surface area (Å²) in [4.78, 5) is 15.6. The third-order valence-corrected chi connectivity index (χ3v) is 1.84. The second kappa shape index (κ2) is 4.22. The molecule has 1 aromatic rings. The van der Waals surface area contributed by atoms with E-state index in [2.05, 4.69) is 10.3 Å². The number of aryl methyl sites for hydroxylation is 1. The average molecular weight is 192 g/mol. The average Bonchev–Trinajstić information content (AvgIpc) is 2.01. The molecular formula is C11H16N2O. The highest BCUT2D eigenvalue weighted by Gasteiger charge is 2.09. The predicted octanol–water partition coefficient (Wildman–Crippen LogP) is 2.41. The van der Waals surface area contributed by atoms with Crippen LogP contribution in [0.1, 0.15) is 36.8 Å². The molecule has 0 spiro atoms. The summed E-state index contributed by atoms with van der Waals surface area (Å²) in [6.45, 7) is 7.51. The van der Waals surface area contributed by atoms with Gasteiger partial charge >= 0.3 is 0 Å². The molecule has 0 saturated heterocycles. The summed E-state index contributed by atoms with van der Waals surface area (Å²) in [7, 11) is 0. The number of pyridine rings is 1. The van der Waals surface area contributed by atoms with Crippen LogP contribution in [0.25, 0.3) is 0 Å². The molecule has 0 aliphatic rings. The lowest BCUT2D eigenvalue weighted by molar-refractivity contribution is 0.101. The molecule has 1 N–H and O–H groups in total. The third-order valence-electron chi connectivity index (χ3n) is 1.84. The molecule has 1 aromatic heterocycles. The SMILES string of the molecule is CC(=O)c1ccc(C)nc1NC(C)C. The van der Waals surface area contributed by atoms with Gasteiger partial charge in [0.05, 0.1) is 5.56 Å². The molecule has 3 heteroatoms. The highest BCUT2D eigenvalue weighted by molar-refractivity contribution is 5.98. The number of rotatable bonds is 3. The number of hydrogen-bond donors (Lipinski definition) is 1. The van der Waals surface area contributed by atoms with Gasteiger partial charge in [-0.2, -0.15) is 0 Å². The smallest absolute Gasteiger partial charge is 0.163 e. The van der Waals surface area contributed by atoms with E-state index in [-0.39, 0.29) is 11.8 Å². The number of hydrogen-bond acceptors (Lipinski definition) is 3. The predicted molar refractivity (Wildman–Crippen MR) is 57.7 cm³/mol. The first-order valence-corrected chi connectivity index (χ1v) is 4.76. The lowest BCUT2D eigenvalue weighted by atomic mass is 10.1. The number of anilines is 1. The minimum Gasteiger partial charge on any atom is -0.367 e. The maximum absolute atomic E-state index is 11.3. The fourth-order valence-corrected chi connectivity index (χ4v) is 1.22. The molecule has 0 aromatic carbocycles.